The van der Waals surface area contributed by atoms with Crippen LogP contribution in [0.25, 0.3) is 0 Å². The van der Waals surface area contributed by atoms with Gasteiger partial charge in [0.2, 0.25) is 0 Å². The number of halogens is 9. The molecule has 2 saturated heterocycles. The number of piperazine rings is 1. The fourth-order valence-electron chi connectivity index (χ4n) is 5.66. The molecule has 2 aromatic carbocycles. The van der Waals surface area contributed by atoms with E-state index in [2.05, 4.69) is 16.7 Å². The smallest absolute Gasteiger partial charge is 0.416 e. The highest BCUT2D eigenvalue weighted by Crippen LogP contribution is 2.37. The topological polar surface area (TPSA) is 54.5 Å². The first-order valence-corrected chi connectivity index (χ1v) is 14.2. The second kappa shape index (κ2) is 16.6. The van der Waals surface area contributed by atoms with Crippen molar-refractivity contribution in [2.45, 2.75) is 43.9 Å². The number of nitrogens with zero attached hydrogens (tertiary/aromatic N) is 3. The SMILES string of the molecule is COC[C@@H]1CN(CCN2CCN(C(=O)c3cc(C(F)(F)F)cc(C(F)(F)F)c3)[C@H](Cc3ccc(F)c(OC)c3)C2)[C@@H](C)CO1.Cl.Cl. The molecule has 2 heterocycles. The highest BCUT2D eigenvalue weighted by molar-refractivity contribution is 5.95. The van der Waals surface area contributed by atoms with Crippen molar-refractivity contribution in [1.29, 1.82) is 0 Å². The predicted molar refractivity (Wildman–Crippen MR) is 162 cm³/mol. The molecule has 2 aliphatic heterocycles. The lowest BCUT2D eigenvalue weighted by Gasteiger charge is -2.43. The van der Waals surface area contributed by atoms with Crippen molar-refractivity contribution in [2.24, 2.45) is 0 Å². The number of rotatable bonds is 9. The molecular formula is C30H38Cl2F7N3O4. The summed E-state index contributed by atoms with van der Waals surface area (Å²) in [5.74, 6) is -1.55. The van der Waals surface area contributed by atoms with Gasteiger partial charge >= 0.3 is 12.4 Å². The molecule has 0 bridgehead atoms. The molecule has 2 aromatic rings. The Morgan fingerprint density at radius 1 is 0.935 bits per heavy atom. The van der Waals surface area contributed by atoms with Crippen molar-refractivity contribution < 1.29 is 49.7 Å². The van der Waals surface area contributed by atoms with Crippen molar-refractivity contribution in [3.8, 4) is 5.75 Å². The van der Waals surface area contributed by atoms with Gasteiger partial charge in [0.05, 0.1) is 37.6 Å². The summed E-state index contributed by atoms with van der Waals surface area (Å²) in [5.41, 5.74) is -3.22. The molecule has 260 valence electrons. The lowest BCUT2D eigenvalue weighted by atomic mass is 9.98. The van der Waals surface area contributed by atoms with Crippen molar-refractivity contribution in [2.75, 3.05) is 66.7 Å². The van der Waals surface area contributed by atoms with Gasteiger partial charge in [-0.3, -0.25) is 14.6 Å². The monoisotopic (exact) mass is 707 g/mol. The predicted octanol–water partition coefficient (Wildman–Crippen LogP) is 5.82. The lowest BCUT2D eigenvalue weighted by molar-refractivity contribution is -0.143. The molecule has 16 heteroatoms. The van der Waals surface area contributed by atoms with Crippen LogP contribution in [0.1, 0.15) is 34.0 Å². The van der Waals surface area contributed by atoms with Gasteiger partial charge in [-0.15, -0.1) is 24.8 Å². The minimum absolute atomic E-state index is 0. The Morgan fingerprint density at radius 2 is 1.59 bits per heavy atom. The van der Waals surface area contributed by atoms with Crippen molar-refractivity contribution >= 4 is 30.7 Å². The molecule has 0 radical (unpaired) electrons. The number of amides is 1. The van der Waals surface area contributed by atoms with Crippen molar-refractivity contribution in [3.05, 3.63) is 64.5 Å². The Labute approximate surface area is 275 Å². The maximum atomic E-state index is 14.1. The van der Waals surface area contributed by atoms with Gasteiger partial charge in [-0.1, -0.05) is 6.07 Å². The summed E-state index contributed by atoms with van der Waals surface area (Å²) in [4.78, 5) is 19.3. The van der Waals surface area contributed by atoms with E-state index in [1.54, 1.807) is 7.11 Å². The number of morpholine rings is 1. The van der Waals surface area contributed by atoms with Crippen LogP contribution in [0.5, 0.6) is 5.75 Å². The first kappa shape index (κ1) is 39.8. The van der Waals surface area contributed by atoms with Gasteiger partial charge in [0, 0.05) is 64.0 Å². The van der Waals surface area contributed by atoms with Gasteiger partial charge in [-0.05, 0) is 49.2 Å². The van der Waals surface area contributed by atoms with Gasteiger partial charge < -0.3 is 19.1 Å². The van der Waals surface area contributed by atoms with Crippen LogP contribution in [0.2, 0.25) is 0 Å². The number of hydrogen-bond acceptors (Lipinski definition) is 6. The fraction of sp³-hybridized carbons (Fsp3) is 0.567. The van der Waals surface area contributed by atoms with E-state index >= 15 is 0 Å². The quantitative estimate of drug-likeness (QED) is 0.307. The summed E-state index contributed by atoms with van der Waals surface area (Å²) in [5, 5.41) is 0. The number of methoxy groups -OCH3 is 2. The number of ether oxygens (including phenoxy) is 3. The molecule has 0 N–H and O–H groups in total. The van der Waals surface area contributed by atoms with Crippen molar-refractivity contribution in [1.82, 2.24) is 14.7 Å². The largest absolute Gasteiger partial charge is 0.494 e. The summed E-state index contributed by atoms with van der Waals surface area (Å²) in [6.45, 7) is 5.75. The normalized spacial score (nSPS) is 21.3. The first-order chi connectivity index (χ1) is 20.7. The maximum Gasteiger partial charge on any atom is 0.416 e. The van der Waals surface area contributed by atoms with Crippen LogP contribution < -0.4 is 4.74 Å². The minimum Gasteiger partial charge on any atom is -0.494 e. The van der Waals surface area contributed by atoms with E-state index in [9.17, 15) is 35.5 Å². The molecule has 7 nitrogen and oxygen atoms in total. The zero-order valence-corrected chi connectivity index (χ0v) is 27.1. The summed E-state index contributed by atoms with van der Waals surface area (Å²) in [6, 6.07) is 4.64. The zero-order chi connectivity index (χ0) is 32.2. The number of carbonyl (C=O) groups is 1. The molecule has 1 amide bonds. The number of benzene rings is 2. The Morgan fingerprint density at radius 3 is 2.17 bits per heavy atom. The van der Waals surface area contributed by atoms with Crippen LogP contribution in [-0.4, -0.2) is 105 Å². The molecular weight excluding hydrogens is 670 g/mol. The molecule has 0 unspecified atom stereocenters. The lowest BCUT2D eigenvalue weighted by Crippen LogP contribution is -2.58. The third kappa shape index (κ3) is 10.1. The zero-order valence-electron chi connectivity index (χ0n) is 25.5. The van der Waals surface area contributed by atoms with E-state index in [0.717, 1.165) is 0 Å². The van der Waals surface area contributed by atoms with E-state index in [-0.39, 0.29) is 61.7 Å². The third-order valence-electron chi connectivity index (χ3n) is 8.04. The van der Waals surface area contributed by atoms with E-state index in [1.807, 2.05) is 0 Å². The van der Waals surface area contributed by atoms with Gasteiger partial charge in [0.25, 0.3) is 5.91 Å². The third-order valence-corrected chi connectivity index (χ3v) is 8.04. The van der Waals surface area contributed by atoms with E-state index < -0.39 is 46.8 Å². The Balaban J connectivity index is 0.00000368. The molecule has 46 heavy (non-hydrogen) atoms. The van der Waals surface area contributed by atoms with E-state index in [0.29, 0.717) is 63.6 Å². The molecule has 0 aliphatic carbocycles. The number of carbonyl (C=O) groups excluding carboxylic acids is 1. The van der Waals surface area contributed by atoms with Gasteiger partial charge in [0.15, 0.2) is 11.6 Å². The van der Waals surface area contributed by atoms with Crippen LogP contribution in [-0.2, 0) is 28.2 Å². The van der Waals surface area contributed by atoms with Gasteiger partial charge in [-0.2, -0.15) is 26.3 Å². The van der Waals surface area contributed by atoms with Crippen LogP contribution in [0.3, 0.4) is 0 Å². The standard InChI is InChI=1S/C30H36F7N3O4.2ClH/c1-19-17-44-25(18-42-2)16-39(19)8-6-38-7-9-40(24(15-38)10-20-4-5-26(31)27(11-20)43-3)28(41)21-12-22(29(32,33)34)14-23(13-21)30(35,36)37;;/h4-5,11-14,19,24-25H,6-10,15-18H2,1-3H3;2*1H/t19-,24+,25-;;/m0../s1. The minimum atomic E-state index is -5.09. The summed E-state index contributed by atoms with van der Waals surface area (Å²) < 4.78 is 111. The van der Waals surface area contributed by atoms with Gasteiger partial charge in [-0.25, -0.2) is 4.39 Å². The van der Waals surface area contributed by atoms with E-state index in [1.165, 1.54) is 30.2 Å². The van der Waals surface area contributed by atoms with Crippen LogP contribution in [0.15, 0.2) is 36.4 Å². The summed E-state index contributed by atoms with van der Waals surface area (Å²) >= 11 is 0. The second-order valence-electron chi connectivity index (χ2n) is 11.2. The first-order valence-electron chi connectivity index (χ1n) is 14.2. The van der Waals surface area contributed by atoms with Gasteiger partial charge in [0.1, 0.15) is 0 Å². The van der Waals surface area contributed by atoms with E-state index in [4.69, 9.17) is 14.2 Å². The molecule has 3 atom stereocenters. The highest BCUT2D eigenvalue weighted by Gasteiger charge is 2.39. The Hall–Kier alpha value is -2.36. The maximum absolute atomic E-state index is 14.1. The molecule has 2 aliphatic rings. The fourth-order valence-corrected chi connectivity index (χ4v) is 5.66. The molecule has 0 aromatic heterocycles. The number of hydrogen-bond donors (Lipinski definition) is 0. The Bertz CT molecular complexity index is 1270. The van der Waals surface area contributed by atoms with Crippen LogP contribution in [0, 0.1) is 5.82 Å². The average Bonchev–Trinajstić information content (AvgIpc) is 2.97. The van der Waals surface area contributed by atoms with Crippen LogP contribution >= 0.6 is 24.8 Å². The number of alkyl halides is 6. The Kier molecular flexibility index (Phi) is 14.4. The molecule has 4 rings (SSSR count). The molecule has 2 fully saturated rings. The van der Waals surface area contributed by atoms with Crippen molar-refractivity contribution in [3.63, 3.8) is 0 Å². The average molecular weight is 709 g/mol. The summed E-state index contributed by atoms with van der Waals surface area (Å²) in [6.07, 6.45) is -10.1. The molecule has 0 spiro atoms. The second-order valence-corrected chi connectivity index (χ2v) is 11.2. The van der Waals surface area contributed by atoms with Crippen LogP contribution in [0.4, 0.5) is 30.7 Å². The summed E-state index contributed by atoms with van der Waals surface area (Å²) in [7, 11) is 2.91. The molecule has 0 saturated carbocycles. The highest BCUT2D eigenvalue weighted by atomic mass is 35.5.